The largest absolute Gasteiger partial charge is 0.493 e. The van der Waals surface area contributed by atoms with E-state index in [9.17, 15) is 9.18 Å². The van der Waals surface area contributed by atoms with Gasteiger partial charge in [0.05, 0.1) is 19.1 Å². The summed E-state index contributed by atoms with van der Waals surface area (Å²) in [6.07, 6.45) is 3.29. The van der Waals surface area contributed by atoms with Crippen LogP contribution in [0.1, 0.15) is 17.0 Å². The number of aryl methyl sites for hydroxylation is 1. The lowest BCUT2D eigenvalue weighted by molar-refractivity contribution is 0.249. The van der Waals surface area contributed by atoms with Crippen molar-refractivity contribution in [1.82, 2.24) is 19.2 Å². The Labute approximate surface area is 175 Å². The normalized spacial score (nSPS) is 16.9. The molecular formula is C22H18FN5O3. The molecule has 0 fully saturated rings. The molecule has 0 amide bonds. The molecule has 0 radical (unpaired) electrons. The van der Waals surface area contributed by atoms with E-state index in [0.717, 1.165) is 11.1 Å². The van der Waals surface area contributed by atoms with Crippen LogP contribution in [-0.2, 0) is 13.6 Å². The summed E-state index contributed by atoms with van der Waals surface area (Å²) in [5, 5.41) is 11.6. The van der Waals surface area contributed by atoms with E-state index in [1.54, 1.807) is 36.1 Å². The molecule has 0 saturated carbocycles. The Morgan fingerprint density at radius 2 is 2.00 bits per heavy atom. The van der Waals surface area contributed by atoms with Crippen molar-refractivity contribution >= 4 is 11.5 Å². The van der Waals surface area contributed by atoms with Crippen LogP contribution in [0.3, 0.4) is 0 Å². The van der Waals surface area contributed by atoms with E-state index >= 15 is 0 Å². The summed E-state index contributed by atoms with van der Waals surface area (Å²) in [7, 11) is 1.70. The van der Waals surface area contributed by atoms with Crippen LogP contribution in [0.15, 0.2) is 47.7 Å². The smallest absolute Gasteiger partial charge is 0.250 e. The molecule has 8 nitrogen and oxygen atoms in total. The number of hydrogen-bond acceptors (Lipinski definition) is 6. The Morgan fingerprint density at radius 3 is 2.84 bits per heavy atom. The Bertz CT molecular complexity index is 1410. The molecule has 0 unspecified atom stereocenters. The standard InChI is InChI=1S/C22H18FN5O3/c1-27-5-4-12(6-19(27)29)14-7-18-22(28-11-25-26-21(14)28)24-8-15-16(23)2-3-17-20(15)13(9-30-17)10-31-18/h2-7,11,13,24H,8-10H2,1H3/t13-/m1/s1. The van der Waals surface area contributed by atoms with Crippen LogP contribution in [0, 0.1) is 5.82 Å². The Morgan fingerprint density at radius 1 is 1.16 bits per heavy atom. The molecule has 156 valence electrons. The highest BCUT2D eigenvalue weighted by Gasteiger charge is 2.31. The summed E-state index contributed by atoms with van der Waals surface area (Å²) in [4.78, 5) is 12.2. The second kappa shape index (κ2) is 6.56. The van der Waals surface area contributed by atoms with Crippen molar-refractivity contribution in [2.45, 2.75) is 12.5 Å². The third-order valence-electron chi connectivity index (χ3n) is 5.93. The van der Waals surface area contributed by atoms with E-state index in [0.29, 0.717) is 47.3 Å². The minimum atomic E-state index is -0.276. The van der Waals surface area contributed by atoms with Gasteiger partial charge in [-0.2, -0.15) is 0 Å². The molecule has 1 N–H and O–H groups in total. The number of hydrogen-bond donors (Lipinski definition) is 1. The van der Waals surface area contributed by atoms with Crippen molar-refractivity contribution in [2.75, 3.05) is 18.5 Å². The molecule has 4 aromatic rings. The molecule has 2 aliphatic rings. The Kier molecular flexibility index (Phi) is 3.80. The first-order chi connectivity index (χ1) is 15.1. The molecule has 5 heterocycles. The SMILES string of the molecule is Cn1ccc(-c2cc3c(n4cnnc24)NCc2c(F)ccc4c2[C@H](CO4)CO3)cc1=O. The van der Waals surface area contributed by atoms with Crippen molar-refractivity contribution in [3.63, 3.8) is 0 Å². The fourth-order valence-corrected chi connectivity index (χ4v) is 4.31. The summed E-state index contributed by atoms with van der Waals surface area (Å²) in [6, 6.07) is 8.37. The first-order valence-electron chi connectivity index (χ1n) is 9.94. The first-order valence-corrected chi connectivity index (χ1v) is 9.94. The van der Waals surface area contributed by atoms with Crippen LogP contribution in [0.5, 0.6) is 11.5 Å². The number of ether oxygens (including phenoxy) is 2. The maximum Gasteiger partial charge on any atom is 0.250 e. The van der Waals surface area contributed by atoms with Gasteiger partial charge in [-0.15, -0.1) is 10.2 Å². The molecule has 0 spiro atoms. The van der Waals surface area contributed by atoms with Gasteiger partial charge >= 0.3 is 0 Å². The van der Waals surface area contributed by atoms with Gasteiger partial charge in [-0.3, -0.25) is 9.20 Å². The third kappa shape index (κ3) is 2.69. The minimum absolute atomic E-state index is 0.0717. The quantitative estimate of drug-likeness (QED) is 0.511. The summed E-state index contributed by atoms with van der Waals surface area (Å²) < 4.78 is 29.9. The van der Waals surface area contributed by atoms with Crippen LogP contribution in [-0.4, -0.2) is 32.4 Å². The molecule has 3 aromatic heterocycles. The average Bonchev–Trinajstić information content (AvgIpc) is 3.41. The van der Waals surface area contributed by atoms with Crippen molar-refractivity contribution in [3.05, 3.63) is 70.2 Å². The summed E-state index contributed by atoms with van der Waals surface area (Å²) in [6.45, 7) is 1.04. The average molecular weight is 419 g/mol. The molecule has 1 atom stereocenters. The molecule has 0 aliphatic carbocycles. The number of benzene rings is 1. The van der Waals surface area contributed by atoms with Gasteiger partial charge in [-0.05, 0) is 29.8 Å². The highest BCUT2D eigenvalue weighted by Crippen LogP contribution is 2.41. The third-order valence-corrected chi connectivity index (χ3v) is 5.93. The van der Waals surface area contributed by atoms with E-state index in [-0.39, 0.29) is 23.8 Å². The van der Waals surface area contributed by atoms with Gasteiger partial charge < -0.3 is 19.4 Å². The van der Waals surface area contributed by atoms with Crippen molar-refractivity contribution in [2.24, 2.45) is 7.05 Å². The van der Waals surface area contributed by atoms with Gasteiger partial charge in [-0.1, -0.05) is 0 Å². The fraction of sp³-hybridized carbons (Fsp3) is 0.227. The Balaban J connectivity index is 1.52. The van der Waals surface area contributed by atoms with E-state index in [2.05, 4.69) is 15.5 Å². The summed E-state index contributed by atoms with van der Waals surface area (Å²) in [5.41, 5.74) is 3.32. The summed E-state index contributed by atoms with van der Waals surface area (Å²) >= 11 is 0. The number of pyridine rings is 2. The number of nitrogens with zero attached hydrogens (tertiary/aromatic N) is 4. The highest BCUT2D eigenvalue weighted by molar-refractivity contribution is 5.81. The summed E-state index contributed by atoms with van der Waals surface area (Å²) in [5.74, 6) is 1.56. The molecule has 0 saturated heterocycles. The monoisotopic (exact) mass is 419 g/mol. The topological polar surface area (TPSA) is 82.7 Å². The lowest BCUT2D eigenvalue weighted by Crippen LogP contribution is -2.14. The van der Waals surface area contributed by atoms with Crippen molar-refractivity contribution in [1.29, 1.82) is 0 Å². The van der Waals surface area contributed by atoms with Gasteiger partial charge in [0, 0.05) is 42.5 Å². The minimum Gasteiger partial charge on any atom is -0.493 e. The first kappa shape index (κ1) is 17.9. The van der Waals surface area contributed by atoms with Crippen LogP contribution in [0.25, 0.3) is 16.8 Å². The van der Waals surface area contributed by atoms with E-state index in [1.807, 2.05) is 12.1 Å². The molecule has 31 heavy (non-hydrogen) atoms. The van der Waals surface area contributed by atoms with Gasteiger partial charge in [0.1, 0.15) is 17.9 Å². The predicted molar refractivity (Wildman–Crippen MR) is 111 cm³/mol. The molecule has 0 bridgehead atoms. The van der Waals surface area contributed by atoms with Gasteiger partial charge in [0.2, 0.25) is 0 Å². The molecular weight excluding hydrogens is 401 g/mol. The van der Waals surface area contributed by atoms with Crippen LogP contribution in [0.2, 0.25) is 0 Å². The predicted octanol–water partition coefficient (Wildman–Crippen LogP) is 2.71. The van der Waals surface area contributed by atoms with E-state index in [1.165, 1.54) is 10.6 Å². The number of rotatable bonds is 1. The maximum absolute atomic E-state index is 14.7. The molecule has 1 aromatic carbocycles. The molecule has 2 aliphatic heterocycles. The number of halogens is 1. The maximum atomic E-state index is 14.7. The van der Waals surface area contributed by atoms with Crippen molar-refractivity contribution < 1.29 is 13.9 Å². The van der Waals surface area contributed by atoms with Crippen LogP contribution < -0.4 is 20.3 Å². The lowest BCUT2D eigenvalue weighted by atomic mass is 9.96. The highest BCUT2D eigenvalue weighted by atomic mass is 19.1. The van der Waals surface area contributed by atoms with Crippen molar-refractivity contribution in [3.8, 4) is 22.6 Å². The zero-order chi connectivity index (χ0) is 21.1. The number of fused-ring (bicyclic) bond motifs is 3. The molecule has 9 heteroatoms. The van der Waals surface area contributed by atoms with Crippen LogP contribution >= 0.6 is 0 Å². The second-order valence-corrected chi connectivity index (χ2v) is 7.77. The molecule has 6 rings (SSSR count). The van der Waals surface area contributed by atoms with Gasteiger partial charge in [-0.25, -0.2) is 4.39 Å². The number of anilines is 1. The van der Waals surface area contributed by atoms with E-state index < -0.39 is 0 Å². The lowest BCUT2D eigenvalue weighted by Gasteiger charge is -2.16. The Hall–Kier alpha value is -3.88. The fourth-order valence-electron chi connectivity index (χ4n) is 4.31. The number of nitrogens with one attached hydrogen (secondary N) is 1. The van der Waals surface area contributed by atoms with E-state index in [4.69, 9.17) is 9.47 Å². The van der Waals surface area contributed by atoms with Crippen LogP contribution in [0.4, 0.5) is 10.2 Å². The number of aromatic nitrogens is 4. The van der Waals surface area contributed by atoms with Gasteiger partial charge in [0.15, 0.2) is 17.2 Å². The zero-order valence-corrected chi connectivity index (χ0v) is 16.6. The second-order valence-electron chi connectivity index (χ2n) is 7.77. The zero-order valence-electron chi connectivity index (χ0n) is 16.6. The van der Waals surface area contributed by atoms with Gasteiger partial charge in [0.25, 0.3) is 5.56 Å².